The molecule has 0 atom stereocenters. The maximum atomic E-state index is 12.7. The molecule has 10 heteroatoms. The zero-order chi connectivity index (χ0) is 22.9. The van der Waals surface area contributed by atoms with E-state index in [0.29, 0.717) is 26.2 Å². The van der Waals surface area contributed by atoms with Crippen molar-refractivity contribution in [3.05, 3.63) is 46.2 Å². The van der Waals surface area contributed by atoms with Crippen LogP contribution < -0.4 is 5.32 Å². The molecule has 1 amide bonds. The van der Waals surface area contributed by atoms with E-state index in [9.17, 15) is 4.79 Å². The molecule has 2 aromatic heterocycles. The predicted molar refractivity (Wildman–Crippen MR) is 141 cm³/mol. The van der Waals surface area contributed by atoms with Gasteiger partial charge >= 0.3 is 6.09 Å². The molecule has 0 unspecified atom stereocenters. The summed E-state index contributed by atoms with van der Waals surface area (Å²) in [5, 5.41) is 6.49. The van der Waals surface area contributed by atoms with Gasteiger partial charge in [0.05, 0.1) is 23.8 Å². The molecule has 0 fully saturated rings. The van der Waals surface area contributed by atoms with Crippen LogP contribution in [0.2, 0.25) is 0 Å². The molecule has 1 N–H and O–H groups in total. The van der Waals surface area contributed by atoms with Gasteiger partial charge in [0.2, 0.25) is 0 Å². The van der Waals surface area contributed by atoms with E-state index in [1.54, 1.807) is 35.7 Å². The lowest BCUT2D eigenvalue weighted by Crippen LogP contribution is -2.41. The average molecular weight is 575 g/mol. The molecule has 2 rings (SSSR count). The zero-order valence-corrected chi connectivity index (χ0v) is 22.9. The Labute approximate surface area is 212 Å². The van der Waals surface area contributed by atoms with Crippen LogP contribution in [0.1, 0.15) is 43.5 Å². The Hall–Kier alpha value is -1.95. The number of halogens is 1. The summed E-state index contributed by atoms with van der Waals surface area (Å²) in [6.07, 6.45) is 3.92. The standard InChI is InChI=1S/C22H34N6O2S.HI/c1-17-26-19(16-31-17)15-27(6)20(23-5)25-11-8-12-28(21(29)30-22(2,3)4)14-18-9-7-10-24-13-18;/h7,9-10,13,16H,8,11-12,14-15H2,1-6H3,(H,23,25);1H. The molecule has 2 aromatic rings. The first-order valence-corrected chi connectivity index (χ1v) is 11.3. The molecule has 0 aliphatic heterocycles. The second-order valence-electron chi connectivity index (χ2n) is 8.30. The van der Waals surface area contributed by atoms with E-state index in [1.165, 1.54) is 0 Å². The van der Waals surface area contributed by atoms with E-state index in [2.05, 4.69) is 25.7 Å². The number of ether oxygens (including phenoxy) is 1. The highest BCUT2D eigenvalue weighted by molar-refractivity contribution is 14.0. The third kappa shape index (κ3) is 10.1. The molecule has 0 saturated heterocycles. The lowest BCUT2D eigenvalue weighted by atomic mass is 10.2. The van der Waals surface area contributed by atoms with Gasteiger partial charge in [-0.1, -0.05) is 6.07 Å². The summed E-state index contributed by atoms with van der Waals surface area (Å²) >= 11 is 1.65. The van der Waals surface area contributed by atoms with E-state index >= 15 is 0 Å². The van der Waals surface area contributed by atoms with Crippen molar-refractivity contribution in [2.75, 3.05) is 27.2 Å². The molecule has 0 radical (unpaired) electrons. The highest BCUT2D eigenvalue weighted by Gasteiger charge is 2.22. The number of nitrogens with zero attached hydrogens (tertiary/aromatic N) is 5. The molecule has 0 saturated carbocycles. The van der Waals surface area contributed by atoms with Crippen LogP contribution in [0.15, 0.2) is 34.9 Å². The lowest BCUT2D eigenvalue weighted by molar-refractivity contribution is 0.0232. The zero-order valence-electron chi connectivity index (χ0n) is 19.8. The minimum absolute atomic E-state index is 0. The summed E-state index contributed by atoms with van der Waals surface area (Å²) in [4.78, 5) is 29.4. The van der Waals surface area contributed by atoms with Gasteiger partial charge in [-0.05, 0) is 45.7 Å². The van der Waals surface area contributed by atoms with Crippen LogP contribution in [0, 0.1) is 6.92 Å². The predicted octanol–water partition coefficient (Wildman–Crippen LogP) is 4.30. The lowest BCUT2D eigenvalue weighted by Gasteiger charge is -2.28. The number of carbonyl (C=O) groups excluding carboxylic acids is 1. The van der Waals surface area contributed by atoms with Gasteiger partial charge in [-0.15, -0.1) is 35.3 Å². The van der Waals surface area contributed by atoms with E-state index in [1.807, 2.05) is 51.8 Å². The summed E-state index contributed by atoms with van der Waals surface area (Å²) in [7, 11) is 3.75. The van der Waals surface area contributed by atoms with Crippen LogP contribution in [0.3, 0.4) is 0 Å². The number of nitrogens with one attached hydrogen (secondary N) is 1. The number of hydrogen-bond acceptors (Lipinski definition) is 6. The van der Waals surface area contributed by atoms with Crippen molar-refractivity contribution >= 4 is 47.4 Å². The van der Waals surface area contributed by atoms with Crippen molar-refractivity contribution in [3.63, 3.8) is 0 Å². The largest absolute Gasteiger partial charge is 0.444 e. The number of aryl methyl sites for hydroxylation is 1. The highest BCUT2D eigenvalue weighted by atomic mass is 127. The number of pyridine rings is 1. The minimum Gasteiger partial charge on any atom is -0.444 e. The molecule has 8 nitrogen and oxygen atoms in total. The first-order chi connectivity index (χ1) is 14.7. The van der Waals surface area contributed by atoms with E-state index in [-0.39, 0.29) is 30.1 Å². The Morgan fingerprint density at radius 1 is 1.31 bits per heavy atom. The third-order valence-corrected chi connectivity index (χ3v) is 5.10. The molecule has 0 aliphatic carbocycles. The molecular weight excluding hydrogens is 539 g/mol. The normalized spacial score (nSPS) is 11.5. The second-order valence-corrected chi connectivity index (χ2v) is 9.37. The summed E-state index contributed by atoms with van der Waals surface area (Å²) < 4.78 is 5.59. The molecule has 0 aliphatic rings. The number of aliphatic imine (C=N–C) groups is 1. The number of carbonyl (C=O) groups is 1. The van der Waals surface area contributed by atoms with Crippen LogP contribution in [-0.2, 0) is 17.8 Å². The average Bonchev–Trinajstić information content (AvgIpc) is 3.11. The Morgan fingerprint density at radius 2 is 2.06 bits per heavy atom. The fourth-order valence-electron chi connectivity index (χ4n) is 2.93. The molecule has 0 aromatic carbocycles. The van der Waals surface area contributed by atoms with Gasteiger partial charge in [0.25, 0.3) is 0 Å². The molecule has 0 bridgehead atoms. The van der Waals surface area contributed by atoms with E-state index < -0.39 is 5.60 Å². The Morgan fingerprint density at radius 3 is 2.62 bits per heavy atom. The topological polar surface area (TPSA) is 83.0 Å². The van der Waals surface area contributed by atoms with Gasteiger partial charge in [0.1, 0.15) is 5.60 Å². The quantitative estimate of drug-likeness (QED) is 0.219. The fraction of sp³-hybridized carbons (Fsp3) is 0.545. The van der Waals surface area contributed by atoms with E-state index in [4.69, 9.17) is 4.74 Å². The molecule has 0 spiro atoms. The molecule has 178 valence electrons. The van der Waals surface area contributed by atoms with Crippen molar-refractivity contribution in [1.82, 2.24) is 25.1 Å². The van der Waals surface area contributed by atoms with E-state index in [0.717, 1.165) is 28.6 Å². The number of guanidine groups is 1. The highest BCUT2D eigenvalue weighted by Crippen LogP contribution is 2.13. The molecular formula is C22H35IN6O2S. The fourth-order valence-corrected chi connectivity index (χ4v) is 3.53. The Kier molecular flexibility index (Phi) is 11.9. The van der Waals surface area contributed by atoms with Crippen molar-refractivity contribution in [3.8, 4) is 0 Å². The molecule has 32 heavy (non-hydrogen) atoms. The number of hydrogen-bond donors (Lipinski definition) is 1. The van der Waals surface area contributed by atoms with Crippen molar-refractivity contribution < 1.29 is 9.53 Å². The Balaban J connectivity index is 0.00000512. The number of amides is 1. The first kappa shape index (κ1) is 28.1. The van der Waals surface area contributed by atoms with Gasteiger partial charge in [0.15, 0.2) is 5.96 Å². The van der Waals surface area contributed by atoms with Crippen molar-refractivity contribution in [2.24, 2.45) is 4.99 Å². The van der Waals surface area contributed by atoms with Crippen molar-refractivity contribution in [1.29, 1.82) is 0 Å². The van der Waals surface area contributed by atoms with Gasteiger partial charge in [-0.25, -0.2) is 9.78 Å². The molecule has 2 heterocycles. The Bertz CT molecular complexity index is 854. The summed E-state index contributed by atoms with van der Waals surface area (Å²) in [5.74, 6) is 0.793. The summed E-state index contributed by atoms with van der Waals surface area (Å²) in [6, 6.07) is 3.83. The van der Waals surface area contributed by atoms with Gasteiger partial charge < -0.3 is 19.9 Å². The van der Waals surface area contributed by atoms with Crippen molar-refractivity contribution in [2.45, 2.75) is 52.8 Å². The first-order valence-electron chi connectivity index (χ1n) is 10.4. The van der Waals surface area contributed by atoms with Gasteiger partial charge in [0, 0.05) is 45.0 Å². The van der Waals surface area contributed by atoms with Crippen LogP contribution in [0.4, 0.5) is 4.79 Å². The maximum absolute atomic E-state index is 12.7. The van der Waals surface area contributed by atoms with Crippen LogP contribution >= 0.6 is 35.3 Å². The van der Waals surface area contributed by atoms with Crippen LogP contribution in [0.5, 0.6) is 0 Å². The number of thiazole rings is 1. The van der Waals surface area contributed by atoms with Crippen LogP contribution in [0.25, 0.3) is 0 Å². The number of aromatic nitrogens is 2. The second kappa shape index (κ2) is 13.6. The van der Waals surface area contributed by atoms with Gasteiger partial charge in [-0.2, -0.15) is 0 Å². The summed E-state index contributed by atoms with van der Waals surface area (Å²) in [5.41, 5.74) is 1.46. The SMILES string of the molecule is CN=C(NCCCN(Cc1cccnc1)C(=O)OC(C)(C)C)N(C)Cc1csc(C)n1.I. The van der Waals surface area contributed by atoms with Crippen LogP contribution in [-0.4, -0.2) is 64.6 Å². The monoisotopic (exact) mass is 574 g/mol. The maximum Gasteiger partial charge on any atom is 0.410 e. The minimum atomic E-state index is -0.540. The smallest absolute Gasteiger partial charge is 0.410 e. The third-order valence-electron chi connectivity index (χ3n) is 4.27. The summed E-state index contributed by atoms with van der Waals surface area (Å²) in [6.45, 7) is 10.0. The number of rotatable bonds is 8. The van der Waals surface area contributed by atoms with Gasteiger partial charge in [-0.3, -0.25) is 9.98 Å².